The molecule has 3 heterocycles. The van der Waals surface area contributed by atoms with Crippen LogP contribution in [0.25, 0.3) is 0 Å². The van der Waals surface area contributed by atoms with E-state index in [1.54, 1.807) is 15.6 Å². The molecule has 2 aromatic rings. The lowest BCUT2D eigenvalue weighted by atomic mass is 10.2. The van der Waals surface area contributed by atoms with Crippen LogP contribution in [0.4, 0.5) is 0 Å². The van der Waals surface area contributed by atoms with Crippen LogP contribution in [0.1, 0.15) is 28.8 Å². The van der Waals surface area contributed by atoms with Crippen LogP contribution < -0.4 is 0 Å². The molecule has 0 fully saturated rings. The van der Waals surface area contributed by atoms with Crippen molar-refractivity contribution in [3.8, 4) is 0 Å². The maximum atomic E-state index is 12.4. The number of hydrogen-bond donors (Lipinski definition) is 1. The van der Waals surface area contributed by atoms with Crippen LogP contribution in [0.2, 0.25) is 0 Å². The van der Waals surface area contributed by atoms with Crippen LogP contribution in [-0.2, 0) is 26.2 Å². The van der Waals surface area contributed by atoms with Crippen molar-refractivity contribution in [1.82, 2.24) is 24.5 Å². The van der Waals surface area contributed by atoms with Crippen LogP contribution in [0.3, 0.4) is 0 Å². The van der Waals surface area contributed by atoms with E-state index in [2.05, 4.69) is 10.2 Å². The van der Waals surface area contributed by atoms with E-state index in [4.69, 9.17) is 5.11 Å². The highest BCUT2D eigenvalue weighted by molar-refractivity contribution is 5.92. The summed E-state index contributed by atoms with van der Waals surface area (Å²) in [5.41, 5.74) is 2.07. The summed E-state index contributed by atoms with van der Waals surface area (Å²) in [6, 6.07) is 3.58. The number of aliphatic hydroxyl groups is 1. The summed E-state index contributed by atoms with van der Waals surface area (Å²) in [4.78, 5) is 14.2. The second kappa shape index (κ2) is 5.09. The van der Waals surface area contributed by atoms with Crippen molar-refractivity contribution in [3.63, 3.8) is 0 Å². The minimum Gasteiger partial charge on any atom is -0.390 e. The first kappa shape index (κ1) is 12.9. The minimum atomic E-state index is -0.0746. The van der Waals surface area contributed by atoms with Gasteiger partial charge < -0.3 is 10.0 Å². The molecule has 0 bridgehead atoms. The van der Waals surface area contributed by atoms with Crippen molar-refractivity contribution in [3.05, 3.63) is 35.4 Å². The normalized spacial score (nSPS) is 14.4. The molecule has 1 aliphatic heterocycles. The molecule has 20 heavy (non-hydrogen) atoms. The van der Waals surface area contributed by atoms with Gasteiger partial charge in [0.2, 0.25) is 0 Å². The average Bonchev–Trinajstić information content (AvgIpc) is 3.11. The Balaban J connectivity index is 1.77. The molecule has 0 atom stereocenters. The number of hydrogen-bond acceptors (Lipinski definition) is 4. The van der Waals surface area contributed by atoms with Gasteiger partial charge in [0.25, 0.3) is 5.91 Å². The first-order valence-electron chi connectivity index (χ1n) is 6.70. The van der Waals surface area contributed by atoms with E-state index in [1.807, 2.05) is 23.9 Å². The fraction of sp³-hybridized carbons (Fsp3) is 0.462. The molecule has 3 rings (SSSR count). The Hall–Kier alpha value is -2.15. The molecule has 7 heteroatoms. The Kier molecular flexibility index (Phi) is 3.27. The molecule has 0 unspecified atom stereocenters. The Bertz CT molecular complexity index is 630. The number of aliphatic hydroxyl groups excluding tert-OH is 1. The maximum absolute atomic E-state index is 12.4. The SMILES string of the molecule is CCn1ccc(C(=O)N2CCn3nc(CO)cc3C2)n1. The van der Waals surface area contributed by atoms with Gasteiger partial charge in [-0.2, -0.15) is 10.2 Å². The van der Waals surface area contributed by atoms with Crippen molar-refractivity contribution >= 4 is 5.91 Å². The van der Waals surface area contributed by atoms with Gasteiger partial charge in [-0.3, -0.25) is 14.2 Å². The summed E-state index contributed by atoms with van der Waals surface area (Å²) >= 11 is 0. The number of aromatic nitrogens is 4. The van der Waals surface area contributed by atoms with Crippen molar-refractivity contribution in [2.75, 3.05) is 6.54 Å². The van der Waals surface area contributed by atoms with Crippen LogP contribution >= 0.6 is 0 Å². The van der Waals surface area contributed by atoms with Gasteiger partial charge in [-0.1, -0.05) is 0 Å². The Labute approximate surface area is 116 Å². The second-order valence-electron chi connectivity index (χ2n) is 4.79. The molecule has 106 valence electrons. The monoisotopic (exact) mass is 275 g/mol. The first-order valence-corrected chi connectivity index (χ1v) is 6.70. The molecule has 0 saturated heterocycles. The zero-order chi connectivity index (χ0) is 14.1. The van der Waals surface area contributed by atoms with E-state index in [0.717, 1.165) is 12.2 Å². The predicted molar refractivity (Wildman–Crippen MR) is 70.8 cm³/mol. The van der Waals surface area contributed by atoms with Crippen LogP contribution in [-0.4, -0.2) is 42.0 Å². The molecule has 1 amide bonds. The highest BCUT2D eigenvalue weighted by Crippen LogP contribution is 2.15. The third kappa shape index (κ3) is 2.20. The van der Waals surface area contributed by atoms with Crippen LogP contribution in [0.15, 0.2) is 18.3 Å². The lowest BCUT2D eigenvalue weighted by Gasteiger charge is -2.26. The van der Waals surface area contributed by atoms with Crippen molar-refractivity contribution in [2.24, 2.45) is 0 Å². The fourth-order valence-electron chi connectivity index (χ4n) is 2.39. The molecule has 0 aliphatic carbocycles. The van der Waals surface area contributed by atoms with Crippen LogP contribution in [0.5, 0.6) is 0 Å². The lowest BCUT2D eigenvalue weighted by molar-refractivity contribution is 0.0699. The summed E-state index contributed by atoms with van der Waals surface area (Å²) < 4.78 is 3.59. The van der Waals surface area contributed by atoms with Crippen molar-refractivity contribution in [2.45, 2.75) is 33.2 Å². The predicted octanol–water partition coefficient (Wildman–Crippen LogP) is 0.248. The maximum Gasteiger partial charge on any atom is 0.274 e. The zero-order valence-electron chi connectivity index (χ0n) is 11.4. The standard InChI is InChI=1S/C13H17N5O2/c1-2-17-4-3-12(15-17)13(20)16-5-6-18-11(8-16)7-10(9-19)14-18/h3-4,7,19H,2,5-6,8-9H2,1H3. The van der Waals surface area contributed by atoms with E-state index < -0.39 is 0 Å². The molecule has 1 aliphatic rings. The number of amides is 1. The molecule has 2 aromatic heterocycles. The third-order valence-corrected chi connectivity index (χ3v) is 3.48. The third-order valence-electron chi connectivity index (χ3n) is 3.48. The van der Waals surface area contributed by atoms with E-state index in [9.17, 15) is 4.79 Å². The molecule has 0 spiro atoms. The van der Waals surface area contributed by atoms with Crippen molar-refractivity contribution in [1.29, 1.82) is 0 Å². The van der Waals surface area contributed by atoms with E-state index in [0.29, 0.717) is 31.0 Å². The topological polar surface area (TPSA) is 76.2 Å². The highest BCUT2D eigenvalue weighted by Gasteiger charge is 2.24. The molecule has 0 aromatic carbocycles. The highest BCUT2D eigenvalue weighted by atomic mass is 16.3. The van der Waals surface area contributed by atoms with Gasteiger partial charge in [0.05, 0.1) is 31.1 Å². The van der Waals surface area contributed by atoms with Gasteiger partial charge in [-0.25, -0.2) is 0 Å². The number of carbonyl (C=O) groups excluding carboxylic acids is 1. The smallest absolute Gasteiger partial charge is 0.274 e. The molecular formula is C13H17N5O2. The quantitative estimate of drug-likeness (QED) is 0.871. The van der Waals surface area contributed by atoms with E-state index in [1.165, 1.54) is 0 Å². The first-order chi connectivity index (χ1) is 9.71. The fourth-order valence-corrected chi connectivity index (χ4v) is 2.39. The van der Waals surface area contributed by atoms with Gasteiger partial charge in [0.15, 0.2) is 0 Å². The summed E-state index contributed by atoms with van der Waals surface area (Å²) in [6.07, 6.45) is 1.81. The number of rotatable bonds is 3. The zero-order valence-corrected chi connectivity index (χ0v) is 11.4. The number of aryl methyl sites for hydroxylation is 1. The largest absolute Gasteiger partial charge is 0.390 e. The lowest BCUT2D eigenvalue weighted by Crippen LogP contribution is -2.38. The summed E-state index contributed by atoms with van der Waals surface area (Å²) in [6.45, 7) is 4.42. The number of fused-ring (bicyclic) bond motifs is 1. The molecule has 0 saturated carbocycles. The van der Waals surface area contributed by atoms with E-state index in [-0.39, 0.29) is 12.5 Å². The summed E-state index contributed by atoms with van der Waals surface area (Å²) in [5.74, 6) is -0.0600. The second-order valence-corrected chi connectivity index (χ2v) is 4.79. The van der Waals surface area contributed by atoms with Gasteiger partial charge >= 0.3 is 0 Å². The van der Waals surface area contributed by atoms with Gasteiger partial charge in [0, 0.05) is 19.3 Å². The van der Waals surface area contributed by atoms with Crippen LogP contribution in [0, 0.1) is 0 Å². The Morgan fingerprint density at radius 3 is 2.95 bits per heavy atom. The van der Waals surface area contributed by atoms with Gasteiger partial charge in [0.1, 0.15) is 5.69 Å². The number of carbonyl (C=O) groups is 1. The van der Waals surface area contributed by atoms with Gasteiger partial charge in [-0.05, 0) is 19.1 Å². The minimum absolute atomic E-state index is 0.0600. The number of nitrogens with zero attached hydrogens (tertiary/aromatic N) is 5. The van der Waals surface area contributed by atoms with Crippen molar-refractivity contribution < 1.29 is 9.90 Å². The summed E-state index contributed by atoms with van der Waals surface area (Å²) in [5, 5.41) is 17.6. The molecule has 0 radical (unpaired) electrons. The average molecular weight is 275 g/mol. The van der Waals surface area contributed by atoms with E-state index >= 15 is 0 Å². The molecule has 7 nitrogen and oxygen atoms in total. The molecular weight excluding hydrogens is 258 g/mol. The Morgan fingerprint density at radius 1 is 1.40 bits per heavy atom. The summed E-state index contributed by atoms with van der Waals surface area (Å²) in [7, 11) is 0. The van der Waals surface area contributed by atoms with Gasteiger partial charge in [-0.15, -0.1) is 0 Å². The Morgan fingerprint density at radius 2 is 2.25 bits per heavy atom. The molecule has 1 N–H and O–H groups in total.